The highest BCUT2D eigenvalue weighted by atomic mass is 16.4. The monoisotopic (exact) mass is 253 g/mol. The second kappa shape index (κ2) is 5.72. The van der Waals surface area contributed by atoms with Crippen molar-refractivity contribution in [2.45, 2.75) is 57.9 Å². The third-order valence-corrected chi connectivity index (χ3v) is 4.02. The van der Waals surface area contributed by atoms with Crippen LogP contribution in [0.3, 0.4) is 0 Å². The van der Waals surface area contributed by atoms with Gasteiger partial charge in [-0.05, 0) is 43.9 Å². The fourth-order valence-corrected chi connectivity index (χ4v) is 2.66. The van der Waals surface area contributed by atoms with Gasteiger partial charge in [-0.25, -0.2) is 4.79 Å². The standard InChI is InChI=1S/C14H23NO3/c1-2-3-4-11(14(17)18)15-13(16)12(9-5-6-9)10-7-8-10/h9-12H,2-8H2,1H3,(H,15,16)(H,17,18). The number of carboxylic acid groups (broad SMARTS) is 1. The van der Waals surface area contributed by atoms with Crippen LogP contribution in [-0.4, -0.2) is 23.0 Å². The molecule has 4 nitrogen and oxygen atoms in total. The molecule has 2 aliphatic rings. The molecule has 2 N–H and O–H groups in total. The van der Waals surface area contributed by atoms with Gasteiger partial charge in [-0.15, -0.1) is 0 Å². The molecule has 1 amide bonds. The lowest BCUT2D eigenvalue weighted by Crippen LogP contribution is -2.44. The fourth-order valence-electron chi connectivity index (χ4n) is 2.66. The molecular weight excluding hydrogens is 230 g/mol. The van der Waals surface area contributed by atoms with E-state index in [0.717, 1.165) is 38.5 Å². The minimum Gasteiger partial charge on any atom is -0.480 e. The van der Waals surface area contributed by atoms with Crippen molar-refractivity contribution in [1.29, 1.82) is 0 Å². The summed E-state index contributed by atoms with van der Waals surface area (Å²) >= 11 is 0. The lowest BCUT2D eigenvalue weighted by atomic mass is 9.96. The van der Waals surface area contributed by atoms with Crippen LogP contribution >= 0.6 is 0 Å². The average molecular weight is 253 g/mol. The van der Waals surface area contributed by atoms with E-state index in [1.54, 1.807) is 0 Å². The van der Waals surface area contributed by atoms with Crippen molar-refractivity contribution in [2.24, 2.45) is 17.8 Å². The summed E-state index contributed by atoms with van der Waals surface area (Å²) in [4.78, 5) is 23.3. The number of rotatable bonds is 8. The van der Waals surface area contributed by atoms with Crippen LogP contribution in [0.4, 0.5) is 0 Å². The van der Waals surface area contributed by atoms with Gasteiger partial charge in [0.05, 0.1) is 0 Å². The Labute approximate surface area is 108 Å². The molecule has 4 heteroatoms. The third-order valence-electron chi connectivity index (χ3n) is 4.02. The Morgan fingerprint density at radius 2 is 1.78 bits per heavy atom. The van der Waals surface area contributed by atoms with E-state index >= 15 is 0 Å². The molecule has 2 aliphatic carbocycles. The normalized spacial score (nSPS) is 20.8. The van der Waals surface area contributed by atoms with Gasteiger partial charge in [0.2, 0.25) is 5.91 Å². The van der Waals surface area contributed by atoms with Crippen LogP contribution in [0.15, 0.2) is 0 Å². The molecule has 1 unspecified atom stereocenters. The molecule has 0 aromatic rings. The van der Waals surface area contributed by atoms with Gasteiger partial charge in [-0.1, -0.05) is 19.8 Å². The van der Waals surface area contributed by atoms with Gasteiger partial charge >= 0.3 is 5.97 Å². The van der Waals surface area contributed by atoms with Crippen molar-refractivity contribution in [3.05, 3.63) is 0 Å². The molecule has 0 saturated heterocycles. The van der Waals surface area contributed by atoms with Crippen LogP contribution in [-0.2, 0) is 9.59 Å². The van der Waals surface area contributed by atoms with Crippen LogP contribution in [0.5, 0.6) is 0 Å². The van der Waals surface area contributed by atoms with E-state index in [1.807, 2.05) is 6.92 Å². The third kappa shape index (κ3) is 3.47. The molecule has 0 aliphatic heterocycles. The maximum atomic E-state index is 12.2. The van der Waals surface area contributed by atoms with Gasteiger partial charge in [0.1, 0.15) is 6.04 Å². The minimum absolute atomic E-state index is 0.0106. The molecule has 0 aromatic carbocycles. The number of amides is 1. The number of carboxylic acids is 1. The zero-order valence-corrected chi connectivity index (χ0v) is 11.0. The van der Waals surface area contributed by atoms with Crippen molar-refractivity contribution in [1.82, 2.24) is 5.32 Å². The number of hydrogen-bond acceptors (Lipinski definition) is 2. The molecule has 2 rings (SSSR count). The Balaban J connectivity index is 1.88. The predicted octanol–water partition coefficient (Wildman–Crippen LogP) is 2.18. The highest BCUT2D eigenvalue weighted by Gasteiger charge is 2.46. The van der Waals surface area contributed by atoms with Crippen molar-refractivity contribution in [3.8, 4) is 0 Å². The topological polar surface area (TPSA) is 66.4 Å². The number of aliphatic carboxylic acids is 1. The van der Waals surface area contributed by atoms with E-state index in [2.05, 4.69) is 5.32 Å². The van der Waals surface area contributed by atoms with Gasteiger partial charge in [0.25, 0.3) is 0 Å². The average Bonchev–Trinajstić information content (AvgIpc) is 3.17. The minimum atomic E-state index is -0.901. The predicted molar refractivity (Wildman–Crippen MR) is 68.0 cm³/mol. The quantitative estimate of drug-likeness (QED) is 0.696. The second-order valence-corrected chi connectivity index (χ2v) is 5.74. The number of carbonyl (C=O) groups is 2. The number of hydrogen-bond donors (Lipinski definition) is 2. The van der Waals surface area contributed by atoms with Crippen molar-refractivity contribution in [3.63, 3.8) is 0 Å². The van der Waals surface area contributed by atoms with E-state index in [9.17, 15) is 9.59 Å². The number of unbranched alkanes of at least 4 members (excludes halogenated alkanes) is 1. The zero-order valence-electron chi connectivity index (χ0n) is 11.0. The maximum absolute atomic E-state index is 12.2. The van der Waals surface area contributed by atoms with Gasteiger partial charge in [0, 0.05) is 5.92 Å². The van der Waals surface area contributed by atoms with Crippen LogP contribution in [0.25, 0.3) is 0 Å². The first-order valence-electron chi connectivity index (χ1n) is 7.16. The van der Waals surface area contributed by atoms with Crippen molar-refractivity contribution >= 4 is 11.9 Å². The van der Waals surface area contributed by atoms with Crippen molar-refractivity contribution < 1.29 is 14.7 Å². The summed E-state index contributed by atoms with van der Waals surface area (Å²) in [6.07, 6.45) is 6.90. The van der Waals surface area contributed by atoms with Crippen LogP contribution in [0.2, 0.25) is 0 Å². The smallest absolute Gasteiger partial charge is 0.326 e. The summed E-state index contributed by atoms with van der Waals surface area (Å²) in [6.45, 7) is 2.03. The maximum Gasteiger partial charge on any atom is 0.326 e. The molecule has 102 valence electrons. The van der Waals surface area contributed by atoms with E-state index < -0.39 is 12.0 Å². The van der Waals surface area contributed by atoms with Crippen LogP contribution in [0, 0.1) is 17.8 Å². The highest BCUT2D eigenvalue weighted by molar-refractivity contribution is 5.85. The molecule has 0 heterocycles. The SMILES string of the molecule is CCCCC(NC(=O)C(C1CC1)C1CC1)C(=O)O. The van der Waals surface area contributed by atoms with Gasteiger partial charge in [0.15, 0.2) is 0 Å². The molecule has 2 fully saturated rings. The number of nitrogens with one attached hydrogen (secondary N) is 1. The van der Waals surface area contributed by atoms with Crippen molar-refractivity contribution in [2.75, 3.05) is 0 Å². The lowest BCUT2D eigenvalue weighted by Gasteiger charge is -2.19. The summed E-state index contributed by atoms with van der Waals surface area (Å²) in [5.41, 5.74) is 0. The molecule has 0 radical (unpaired) electrons. The summed E-state index contributed by atoms with van der Waals surface area (Å²) < 4.78 is 0. The second-order valence-electron chi connectivity index (χ2n) is 5.74. The summed E-state index contributed by atoms with van der Waals surface area (Å²) in [7, 11) is 0. The molecule has 0 bridgehead atoms. The molecule has 2 saturated carbocycles. The Morgan fingerprint density at radius 3 is 2.17 bits per heavy atom. The Kier molecular flexibility index (Phi) is 4.25. The van der Waals surface area contributed by atoms with Crippen LogP contribution in [0.1, 0.15) is 51.9 Å². The number of carbonyl (C=O) groups excluding carboxylic acids is 1. The van der Waals surface area contributed by atoms with E-state index in [1.165, 1.54) is 0 Å². The lowest BCUT2D eigenvalue weighted by molar-refractivity contribution is -0.143. The van der Waals surface area contributed by atoms with E-state index in [4.69, 9.17) is 5.11 Å². The molecular formula is C14H23NO3. The highest BCUT2D eigenvalue weighted by Crippen LogP contribution is 2.49. The Morgan fingerprint density at radius 1 is 1.22 bits per heavy atom. The summed E-state index contributed by atoms with van der Waals surface area (Å²) in [5, 5.41) is 11.9. The fraction of sp³-hybridized carbons (Fsp3) is 0.857. The molecule has 0 spiro atoms. The summed E-state index contributed by atoms with van der Waals surface area (Å²) in [6, 6.07) is -0.697. The van der Waals surface area contributed by atoms with Gasteiger partial charge in [-0.2, -0.15) is 0 Å². The molecule has 1 atom stereocenters. The molecule has 18 heavy (non-hydrogen) atoms. The van der Waals surface area contributed by atoms with E-state index in [0.29, 0.717) is 18.3 Å². The Hall–Kier alpha value is -1.06. The first kappa shape index (κ1) is 13.4. The first-order valence-corrected chi connectivity index (χ1v) is 7.16. The van der Waals surface area contributed by atoms with Gasteiger partial charge < -0.3 is 10.4 Å². The molecule has 0 aromatic heterocycles. The van der Waals surface area contributed by atoms with Gasteiger partial charge in [-0.3, -0.25) is 4.79 Å². The first-order chi connectivity index (χ1) is 8.63. The summed E-state index contributed by atoms with van der Waals surface area (Å²) in [5.74, 6) is 0.232. The van der Waals surface area contributed by atoms with E-state index in [-0.39, 0.29) is 11.8 Å². The Bertz CT molecular complexity index is 309. The zero-order chi connectivity index (χ0) is 13.1. The van der Waals surface area contributed by atoms with Crippen LogP contribution < -0.4 is 5.32 Å². The largest absolute Gasteiger partial charge is 0.480 e.